The van der Waals surface area contributed by atoms with Gasteiger partial charge in [0.1, 0.15) is 4.90 Å². The number of fused-ring (bicyclic) bond motifs is 1. The summed E-state index contributed by atoms with van der Waals surface area (Å²) < 4.78 is 33.8. The molecule has 1 heterocycles. The van der Waals surface area contributed by atoms with E-state index in [0.717, 1.165) is 35.3 Å². The third-order valence-electron chi connectivity index (χ3n) is 11.1. The number of esters is 1. The number of amides is 1. The highest BCUT2D eigenvalue weighted by Crippen LogP contribution is 2.34. The minimum absolute atomic E-state index is 0.00971. The van der Waals surface area contributed by atoms with Crippen LogP contribution in [0.2, 0.25) is 10.0 Å². The van der Waals surface area contributed by atoms with Crippen molar-refractivity contribution >= 4 is 78.8 Å². The van der Waals surface area contributed by atoms with E-state index in [1.807, 2.05) is 11.0 Å². The zero-order chi connectivity index (χ0) is 48.1. The molecule has 0 aliphatic carbocycles. The Hall–Kier alpha value is -5.32. The number of carbonyl (C=O) groups is 2. The largest absolute Gasteiger partial charge is 0.466 e. The normalized spacial score (nSPS) is 11.7. The molecule has 0 saturated carbocycles. The minimum atomic E-state index is -3.99. The number of sulfonamides is 1. The number of unbranched alkanes of at least 4 members (excludes halogenated alkanes) is 11. The van der Waals surface area contributed by atoms with Crippen molar-refractivity contribution in [1.82, 2.24) is 13.9 Å². The molecule has 17 heteroatoms. The van der Waals surface area contributed by atoms with Gasteiger partial charge in [-0.25, -0.2) is 22.7 Å². The third kappa shape index (κ3) is 15.7. The molecule has 0 unspecified atom stereocenters. The van der Waals surface area contributed by atoms with Gasteiger partial charge >= 0.3 is 5.97 Å². The molecule has 0 aliphatic heterocycles. The van der Waals surface area contributed by atoms with Gasteiger partial charge in [-0.2, -0.15) is 10.5 Å². The maximum absolute atomic E-state index is 14.6. The average Bonchev–Trinajstić information content (AvgIpc) is 3.29. The summed E-state index contributed by atoms with van der Waals surface area (Å²) in [4.78, 5) is 52.8. The molecule has 1 N–H and O–H groups in total. The lowest BCUT2D eigenvalue weighted by molar-refractivity contribution is -0.143. The summed E-state index contributed by atoms with van der Waals surface area (Å²) >= 11 is 13.1. The number of benzene rings is 3. The lowest BCUT2D eigenvalue weighted by Crippen LogP contribution is -2.34. The van der Waals surface area contributed by atoms with Crippen molar-refractivity contribution in [2.45, 2.75) is 128 Å². The van der Waals surface area contributed by atoms with Crippen LogP contribution in [0.25, 0.3) is 10.9 Å². The molecule has 1 amide bonds. The molecule has 0 fully saturated rings. The highest BCUT2D eigenvalue weighted by Gasteiger charge is 2.27. The molecule has 4 aromatic rings. The topological polar surface area (TPSA) is 191 Å². The highest BCUT2D eigenvalue weighted by atomic mass is 35.5. The molecule has 0 saturated heterocycles. The van der Waals surface area contributed by atoms with Gasteiger partial charge in [0.25, 0.3) is 11.5 Å². The van der Waals surface area contributed by atoms with E-state index in [9.17, 15) is 33.3 Å². The summed E-state index contributed by atoms with van der Waals surface area (Å²) in [6, 6.07) is 18.8. The lowest BCUT2D eigenvalue weighted by Gasteiger charge is -2.23. The molecule has 354 valence electrons. The smallest absolute Gasteiger partial charge is 0.305 e. The Bertz CT molecular complexity index is 2550. The summed E-state index contributed by atoms with van der Waals surface area (Å²) in [5, 5.41) is 21.3. The minimum Gasteiger partial charge on any atom is -0.466 e. The summed E-state index contributed by atoms with van der Waals surface area (Å²) in [5.41, 5.74) is 1.44. The van der Waals surface area contributed by atoms with E-state index in [0.29, 0.717) is 61.1 Å². The number of ether oxygens (including phenoxy) is 1. The van der Waals surface area contributed by atoms with Crippen LogP contribution in [0.15, 0.2) is 69.3 Å². The van der Waals surface area contributed by atoms with Crippen LogP contribution in [-0.2, 0) is 30.9 Å². The highest BCUT2D eigenvalue weighted by molar-refractivity contribution is 7.89. The van der Waals surface area contributed by atoms with Gasteiger partial charge < -0.3 is 15.0 Å². The fourth-order valence-electron chi connectivity index (χ4n) is 7.34. The number of nitriles is 2. The molecule has 14 nitrogen and oxygen atoms in total. The monoisotopic (exact) mass is 960 g/mol. The number of nitrogens with zero attached hydrogens (tertiary/aromatic N) is 7. The molecule has 3 aromatic carbocycles. The van der Waals surface area contributed by atoms with Crippen LogP contribution in [0.3, 0.4) is 0 Å². The number of aryl methyl sites for hydroxylation is 1. The quantitative estimate of drug-likeness (QED) is 0.0325. The molecule has 0 aliphatic rings. The van der Waals surface area contributed by atoms with Gasteiger partial charge in [0.15, 0.2) is 11.5 Å². The van der Waals surface area contributed by atoms with E-state index >= 15 is 0 Å². The number of aliphatic imine (C=N–C) groups is 1. The molecule has 0 atom stereocenters. The average molecular weight is 962 g/mol. The molecule has 4 rings (SSSR count). The van der Waals surface area contributed by atoms with Crippen molar-refractivity contribution in [2.75, 3.05) is 44.0 Å². The second-order valence-electron chi connectivity index (χ2n) is 16.4. The van der Waals surface area contributed by atoms with Crippen molar-refractivity contribution in [1.29, 1.82) is 10.5 Å². The number of anilines is 2. The van der Waals surface area contributed by atoms with Crippen molar-refractivity contribution in [2.24, 2.45) is 4.99 Å². The number of carbonyl (C=O) groups excluding carboxylic acids is 2. The number of hydrogen-bond acceptors (Lipinski definition) is 11. The first-order chi connectivity index (χ1) is 31.7. The fourth-order valence-corrected chi connectivity index (χ4v) is 9.04. The van der Waals surface area contributed by atoms with Crippen LogP contribution < -0.4 is 15.8 Å². The summed E-state index contributed by atoms with van der Waals surface area (Å²) in [6.07, 6.45) is 14.3. The number of para-hydroxylation sites is 1. The zero-order valence-corrected chi connectivity index (χ0v) is 40.9. The molecular weight excluding hydrogens is 900 g/mol. The zero-order valence-electron chi connectivity index (χ0n) is 38.6. The van der Waals surface area contributed by atoms with Crippen LogP contribution in [0, 0.1) is 29.6 Å². The summed E-state index contributed by atoms with van der Waals surface area (Å²) in [5.74, 6) is -1.10. The number of nitrogens with one attached hydrogen (secondary N) is 1. The number of rotatable bonds is 28. The van der Waals surface area contributed by atoms with E-state index in [-0.39, 0.29) is 63.9 Å². The maximum atomic E-state index is 14.6. The molecule has 0 spiro atoms. The Kier molecular flexibility index (Phi) is 22.1. The standard InChI is InChI=1S/C49H62Cl2N8O6S/c1-5-6-7-8-9-10-11-12-13-19-32-65-45(60)24-15-14-18-31-59-47(55-42-23-17-16-22-38(42)49(59)62)46(48(61)56-43-34-40(51)44(35-39(43)50)66(63,64)57(3)4)54-41-26-25-37(33-36(41)2)58(29-20-27-52)30-21-28-53/h16-17,22-23,25-26,33-35H,5-15,18-21,24,29-32H2,1-4H3,(H,56,61)/b54-46-. The van der Waals surface area contributed by atoms with Crippen molar-refractivity contribution in [3.8, 4) is 12.1 Å². The fraction of sp³-hybridized carbons (Fsp3) is 0.490. The van der Waals surface area contributed by atoms with Crippen LogP contribution >= 0.6 is 23.2 Å². The van der Waals surface area contributed by atoms with Gasteiger partial charge in [-0.15, -0.1) is 0 Å². The molecule has 0 bridgehead atoms. The Morgan fingerprint density at radius 1 is 0.848 bits per heavy atom. The SMILES string of the molecule is CCCCCCCCCCCCOC(=O)CCCCCn1c(/C(=N/c2ccc(N(CCC#N)CCC#N)cc2C)C(=O)Nc2cc(Cl)c(S(=O)(=O)N(C)C)cc2Cl)nc2ccccc2c1=O. The van der Waals surface area contributed by atoms with Crippen molar-refractivity contribution < 1.29 is 22.7 Å². The van der Waals surface area contributed by atoms with Crippen LogP contribution in [0.5, 0.6) is 0 Å². The van der Waals surface area contributed by atoms with Crippen molar-refractivity contribution in [3.05, 3.63) is 86.4 Å². The number of aromatic nitrogens is 2. The first-order valence-electron chi connectivity index (χ1n) is 22.8. The first kappa shape index (κ1) is 53.3. The van der Waals surface area contributed by atoms with Crippen LogP contribution in [0.4, 0.5) is 17.1 Å². The van der Waals surface area contributed by atoms with E-state index < -0.39 is 21.5 Å². The third-order valence-corrected chi connectivity index (χ3v) is 13.7. The second-order valence-corrected chi connectivity index (χ2v) is 19.3. The Morgan fingerprint density at radius 2 is 1.48 bits per heavy atom. The molecule has 0 radical (unpaired) electrons. The summed E-state index contributed by atoms with van der Waals surface area (Å²) in [6.45, 7) is 5.37. The van der Waals surface area contributed by atoms with Gasteiger partial charge in [-0.05, 0) is 74.2 Å². The second kappa shape index (κ2) is 27.4. The summed E-state index contributed by atoms with van der Waals surface area (Å²) in [7, 11) is -1.28. The molecule has 66 heavy (non-hydrogen) atoms. The van der Waals surface area contributed by atoms with E-state index in [1.54, 1.807) is 43.3 Å². The molecule has 1 aromatic heterocycles. The lowest BCUT2D eigenvalue weighted by atomic mass is 10.1. The Labute approximate surface area is 399 Å². The van der Waals surface area contributed by atoms with Gasteiger partial charge in [0, 0.05) is 45.8 Å². The Balaban J connectivity index is 1.62. The van der Waals surface area contributed by atoms with E-state index in [2.05, 4.69) is 24.4 Å². The molecular formula is C49H62Cl2N8O6S. The predicted molar refractivity (Wildman–Crippen MR) is 263 cm³/mol. The van der Waals surface area contributed by atoms with Gasteiger partial charge in [0.2, 0.25) is 10.0 Å². The van der Waals surface area contributed by atoms with E-state index in [4.69, 9.17) is 37.9 Å². The van der Waals surface area contributed by atoms with Gasteiger partial charge in [-0.1, -0.05) is 106 Å². The van der Waals surface area contributed by atoms with Crippen LogP contribution in [0.1, 0.15) is 121 Å². The van der Waals surface area contributed by atoms with Crippen molar-refractivity contribution in [3.63, 3.8) is 0 Å². The maximum Gasteiger partial charge on any atom is 0.305 e. The van der Waals surface area contributed by atoms with Gasteiger partial charge in [0.05, 0.1) is 63.9 Å². The Morgan fingerprint density at radius 3 is 2.12 bits per heavy atom. The first-order valence-corrected chi connectivity index (χ1v) is 25.0. The van der Waals surface area contributed by atoms with Gasteiger partial charge in [-0.3, -0.25) is 19.0 Å². The van der Waals surface area contributed by atoms with Crippen LogP contribution in [-0.4, -0.2) is 73.7 Å². The number of halogens is 2. The predicted octanol–water partition coefficient (Wildman–Crippen LogP) is 10.7. The number of hydrogen-bond donors (Lipinski definition) is 1. The van der Waals surface area contributed by atoms with E-state index in [1.165, 1.54) is 69.7 Å².